The third-order valence-electron chi connectivity index (χ3n) is 10.1. The second-order valence-electron chi connectivity index (χ2n) is 15.8. The molecule has 0 fully saturated rings. The number of aliphatic hydroxyl groups excluding tert-OH is 2. The molecule has 3 N–H and O–H groups in total. The zero-order chi connectivity index (χ0) is 41.9. The average Bonchev–Trinajstić information content (AvgIpc) is 3.20. The molecule has 0 radical (unpaired) electrons. The topological polar surface area (TPSA) is 149 Å². The largest absolute Gasteiger partial charge is 0.472 e. The first-order chi connectivity index (χ1) is 27.7. The van der Waals surface area contributed by atoms with Crippen molar-refractivity contribution in [1.29, 1.82) is 0 Å². The van der Waals surface area contributed by atoms with Gasteiger partial charge < -0.3 is 24.6 Å². The Morgan fingerprint density at radius 1 is 0.509 bits per heavy atom. The zero-order valence-corrected chi connectivity index (χ0v) is 37.5. The Bertz CT molecular complexity index is 1000. The van der Waals surface area contributed by atoms with Crippen molar-refractivity contribution in [3.63, 3.8) is 0 Å². The number of phosphoric ester groups is 1. The molecule has 3 atom stereocenters. The molecule has 0 heterocycles. The van der Waals surface area contributed by atoms with Crippen LogP contribution in [0.25, 0.3) is 0 Å². The van der Waals surface area contributed by atoms with Crippen LogP contribution in [0.15, 0.2) is 24.3 Å². The molecule has 11 heteroatoms. The molecule has 0 aliphatic rings. The lowest BCUT2D eigenvalue weighted by atomic mass is 10.1. The Balaban J connectivity index is 4.26. The van der Waals surface area contributed by atoms with Crippen molar-refractivity contribution < 1.29 is 47.8 Å². The summed E-state index contributed by atoms with van der Waals surface area (Å²) in [6.07, 6.45) is 42.8. The number of phosphoric acid groups is 1. The fourth-order valence-corrected chi connectivity index (χ4v) is 7.24. The number of unbranched alkanes of at least 4 members (excludes halogenated alkanes) is 26. The minimum atomic E-state index is -4.62. The molecular weight excluding hydrogens is 743 g/mol. The van der Waals surface area contributed by atoms with Gasteiger partial charge in [-0.1, -0.05) is 167 Å². The number of carbonyl (C=O) groups excluding carboxylic acids is 2. The van der Waals surface area contributed by atoms with E-state index in [2.05, 4.69) is 38.2 Å². The van der Waals surface area contributed by atoms with Crippen molar-refractivity contribution in [3.05, 3.63) is 24.3 Å². The standard InChI is InChI=1S/C46H87O10P/c1-3-5-7-9-11-13-15-17-19-21-23-25-27-29-31-33-35-37-45(49)53-41-44(42-55-57(51,52)54-40-43(48)39-47)56-46(50)38-36-34-32-30-28-26-24-22-20-18-16-14-12-10-8-6-4-2/h21-24,43-44,47-48H,3-20,25-42H2,1-2H3,(H,51,52)/b23-21-,24-22-. The molecular formula is C46H87O10P. The molecule has 0 saturated carbocycles. The molecule has 0 bridgehead atoms. The van der Waals surface area contributed by atoms with Gasteiger partial charge in [0.25, 0.3) is 0 Å². The summed E-state index contributed by atoms with van der Waals surface area (Å²) < 4.78 is 32.8. The number of hydrogen-bond acceptors (Lipinski definition) is 9. The highest BCUT2D eigenvalue weighted by Crippen LogP contribution is 2.43. The summed E-state index contributed by atoms with van der Waals surface area (Å²) >= 11 is 0. The summed E-state index contributed by atoms with van der Waals surface area (Å²) in [4.78, 5) is 35.0. The van der Waals surface area contributed by atoms with E-state index in [9.17, 15) is 24.2 Å². The summed E-state index contributed by atoms with van der Waals surface area (Å²) in [5.41, 5.74) is 0. The van der Waals surface area contributed by atoms with Crippen LogP contribution in [-0.2, 0) is 32.7 Å². The smallest absolute Gasteiger partial charge is 0.462 e. The first-order valence-corrected chi connectivity index (χ1v) is 24.8. The molecule has 0 aromatic rings. The third-order valence-corrected chi connectivity index (χ3v) is 11.0. The predicted molar refractivity (Wildman–Crippen MR) is 233 cm³/mol. The quantitative estimate of drug-likeness (QED) is 0.0234. The second-order valence-corrected chi connectivity index (χ2v) is 17.2. The van der Waals surface area contributed by atoms with Crippen LogP contribution < -0.4 is 0 Å². The molecule has 0 aliphatic carbocycles. The van der Waals surface area contributed by atoms with Crippen LogP contribution in [0.3, 0.4) is 0 Å². The van der Waals surface area contributed by atoms with Crippen molar-refractivity contribution in [2.75, 3.05) is 26.4 Å². The van der Waals surface area contributed by atoms with Crippen molar-refractivity contribution in [2.45, 2.75) is 232 Å². The van der Waals surface area contributed by atoms with Gasteiger partial charge in [-0.15, -0.1) is 0 Å². The van der Waals surface area contributed by atoms with Gasteiger partial charge in [-0.2, -0.15) is 0 Å². The summed E-state index contributed by atoms with van der Waals surface area (Å²) in [7, 11) is -4.62. The lowest BCUT2D eigenvalue weighted by Gasteiger charge is -2.20. The Morgan fingerprint density at radius 2 is 0.860 bits per heavy atom. The Labute approximate surface area is 348 Å². The van der Waals surface area contributed by atoms with Crippen molar-refractivity contribution >= 4 is 19.8 Å². The summed E-state index contributed by atoms with van der Waals surface area (Å²) in [5, 5.41) is 18.4. The molecule has 0 aromatic heterocycles. The van der Waals surface area contributed by atoms with Crippen LogP contribution in [0.1, 0.15) is 219 Å². The van der Waals surface area contributed by atoms with E-state index >= 15 is 0 Å². The van der Waals surface area contributed by atoms with Gasteiger partial charge in [0.05, 0.1) is 19.8 Å². The van der Waals surface area contributed by atoms with Gasteiger partial charge in [0.2, 0.25) is 0 Å². The zero-order valence-electron chi connectivity index (χ0n) is 36.6. The molecule has 0 spiro atoms. The number of carbonyl (C=O) groups is 2. The normalized spacial score (nSPS) is 14.0. The third kappa shape index (κ3) is 42.4. The molecule has 0 saturated heterocycles. The van der Waals surface area contributed by atoms with E-state index in [1.54, 1.807) is 0 Å². The maximum Gasteiger partial charge on any atom is 0.472 e. The monoisotopic (exact) mass is 831 g/mol. The van der Waals surface area contributed by atoms with E-state index < -0.39 is 51.8 Å². The average molecular weight is 831 g/mol. The number of esters is 2. The van der Waals surface area contributed by atoms with E-state index in [0.717, 1.165) is 70.6 Å². The highest BCUT2D eigenvalue weighted by atomic mass is 31.2. The molecule has 0 rings (SSSR count). The van der Waals surface area contributed by atoms with Gasteiger partial charge >= 0.3 is 19.8 Å². The van der Waals surface area contributed by atoms with Crippen LogP contribution >= 0.6 is 7.82 Å². The van der Waals surface area contributed by atoms with Crippen LogP contribution in [-0.4, -0.2) is 65.7 Å². The van der Waals surface area contributed by atoms with E-state index in [0.29, 0.717) is 12.8 Å². The van der Waals surface area contributed by atoms with Crippen LogP contribution in [0.2, 0.25) is 0 Å². The van der Waals surface area contributed by atoms with Crippen LogP contribution in [0, 0.1) is 0 Å². The summed E-state index contributed by atoms with van der Waals surface area (Å²) in [5.74, 6) is -0.937. The molecule has 336 valence electrons. The van der Waals surface area contributed by atoms with E-state index in [4.69, 9.17) is 23.6 Å². The second kappa shape index (κ2) is 42.6. The highest BCUT2D eigenvalue weighted by Gasteiger charge is 2.27. The lowest BCUT2D eigenvalue weighted by Crippen LogP contribution is -2.29. The summed E-state index contributed by atoms with van der Waals surface area (Å²) in [6.45, 7) is 2.39. The van der Waals surface area contributed by atoms with E-state index in [1.807, 2.05) is 0 Å². The fourth-order valence-electron chi connectivity index (χ4n) is 6.45. The number of ether oxygens (including phenoxy) is 2. The molecule has 0 aliphatic heterocycles. The first kappa shape index (κ1) is 55.5. The lowest BCUT2D eigenvalue weighted by molar-refractivity contribution is -0.161. The fraction of sp³-hybridized carbons (Fsp3) is 0.870. The minimum absolute atomic E-state index is 0.175. The Hall–Kier alpha value is -1.55. The van der Waals surface area contributed by atoms with Crippen molar-refractivity contribution in [3.8, 4) is 0 Å². The SMILES string of the molecule is CCCCCCCCCC/C=C\CCCCCCCC(=O)OCC(COP(=O)(O)OCC(O)CO)OC(=O)CCCCCCC/C=C\CCCCCCCCCC. The van der Waals surface area contributed by atoms with Crippen LogP contribution in [0.4, 0.5) is 0 Å². The number of allylic oxidation sites excluding steroid dienone is 4. The summed E-state index contributed by atoms with van der Waals surface area (Å²) in [6, 6.07) is 0. The van der Waals surface area contributed by atoms with Crippen LogP contribution in [0.5, 0.6) is 0 Å². The van der Waals surface area contributed by atoms with Crippen molar-refractivity contribution in [1.82, 2.24) is 0 Å². The van der Waals surface area contributed by atoms with E-state index in [1.165, 1.54) is 109 Å². The van der Waals surface area contributed by atoms with Gasteiger partial charge in [0, 0.05) is 12.8 Å². The first-order valence-electron chi connectivity index (χ1n) is 23.3. The van der Waals surface area contributed by atoms with Gasteiger partial charge in [0.15, 0.2) is 6.10 Å². The van der Waals surface area contributed by atoms with Crippen molar-refractivity contribution in [2.24, 2.45) is 0 Å². The molecule has 10 nitrogen and oxygen atoms in total. The molecule has 3 unspecified atom stereocenters. The maximum absolute atomic E-state index is 12.6. The predicted octanol–water partition coefficient (Wildman–Crippen LogP) is 12.6. The molecule has 57 heavy (non-hydrogen) atoms. The maximum atomic E-state index is 12.6. The molecule has 0 amide bonds. The van der Waals surface area contributed by atoms with Gasteiger partial charge in [0.1, 0.15) is 12.7 Å². The number of hydrogen-bond donors (Lipinski definition) is 3. The number of aliphatic hydroxyl groups is 2. The Kier molecular flexibility index (Phi) is 41.4. The van der Waals surface area contributed by atoms with Gasteiger partial charge in [-0.05, 0) is 64.2 Å². The van der Waals surface area contributed by atoms with E-state index in [-0.39, 0.29) is 19.4 Å². The molecule has 0 aromatic carbocycles. The highest BCUT2D eigenvalue weighted by molar-refractivity contribution is 7.47. The van der Waals surface area contributed by atoms with Gasteiger partial charge in [-0.25, -0.2) is 4.57 Å². The number of rotatable bonds is 44. The minimum Gasteiger partial charge on any atom is -0.462 e. The Morgan fingerprint density at radius 3 is 1.26 bits per heavy atom. The van der Waals surface area contributed by atoms with Gasteiger partial charge in [-0.3, -0.25) is 18.6 Å².